The van der Waals surface area contributed by atoms with Crippen molar-refractivity contribution in [1.82, 2.24) is 0 Å². The van der Waals surface area contributed by atoms with Crippen LogP contribution in [0.5, 0.6) is 5.75 Å². The molecule has 0 saturated heterocycles. The molecule has 28 heavy (non-hydrogen) atoms. The molecule has 8 heteroatoms. The van der Waals surface area contributed by atoms with Crippen LogP contribution in [0.4, 0.5) is 0 Å². The van der Waals surface area contributed by atoms with Crippen molar-refractivity contribution in [2.45, 2.75) is 26.7 Å². The van der Waals surface area contributed by atoms with Gasteiger partial charge in [-0.25, -0.2) is 9.59 Å². The van der Waals surface area contributed by atoms with Crippen molar-refractivity contribution in [3.8, 4) is 5.75 Å². The molecule has 1 aromatic carbocycles. The molecule has 0 bridgehead atoms. The summed E-state index contributed by atoms with van der Waals surface area (Å²) in [7, 11) is 2.39. The number of rotatable bonds is 7. The first kappa shape index (κ1) is 20.9. The van der Waals surface area contributed by atoms with Crippen LogP contribution in [-0.4, -0.2) is 37.9 Å². The quantitative estimate of drug-likeness (QED) is 0.405. The summed E-state index contributed by atoms with van der Waals surface area (Å²) in [4.78, 5) is 47.1. The third kappa shape index (κ3) is 5.06. The van der Waals surface area contributed by atoms with Gasteiger partial charge in [-0.05, 0) is 38.1 Å². The molecule has 0 aliphatic carbocycles. The highest BCUT2D eigenvalue weighted by atomic mass is 16.5. The fraction of sp³-hybridized carbons (Fsp3) is 0.300. The number of furan rings is 1. The zero-order chi connectivity index (χ0) is 20.8. The van der Waals surface area contributed by atoms with E-state index in [1.807, 2.05) is 0 Å². The Morgan fingerprint density at radius 3 is 1.96 bits per heavy atom. The van der Waals surface area contributed by atoms with Gasteiger partial charge in [0, 0.05) is 6.42 Å². The van der Waals surface area contributed by atoms with Crippen molar-refractivity contribution in [3.05, 3.63) is 52.5 Å². The van der Waals surface area contributed by atoms with Crippen molar-refractivity contribution in [3.63, 3.8) is 0 Å². The number of esters is 3. The molecule has 1 aromatic heterocycles. The van der Waals surface area contributed by atoms with Crippen LogP contribution in [0.2, 0.25) is 0 Å². The lowest BCUT2D eigenvalue weighted by molar-refractivity contribution is -0.134. The van der Waals surface area contributed by atoms with E-state index in [1.165, 1.54) is 39.3 Å². The maximum absolute atomic E-state index is 12.1. The Morgan fingerprint density at radius 1 is 0.929 bits per heavy atom. The average molecular weight is 388 g/mol. The Kier molecular flexibility index (Phi) is 6.70. The third-order valence-electron chi connectivity index (χ3n) is 3.90. The van der Waals surface area contributed by atoms with E-state index in [-0.39, 0.29) is 35.5 Å². The molecule has 1 heterocycles. The van der Waals surface area contributed by atoms with Gasteiger partial charge in [-0.15, -0.1) is 0 Å². The van der Waals surface area contributed by atoms with Gasteiger partial charge in [0.15, 0.2) is 5.78 Å². The summed E-state index contributed by atoms with van der Waals surface area (Å²) in [5.74, 6) is -1.12. The molecule has 0 unspecified atom stereocenters. The Morgan fingerprint density at radius 2 is 1.50 bits per heavy atom. The molecule has 0 saturated carbocycles. The number of methoxy groups -OCH3 is 2. The third-order valence-corrected chi connectivity index (χ3v) is 3.90. The molecular formula is C20H20O8. The molecule has 0 aliphatic rings. The maximum Gasteiger partial charge on any atom is 0.338 e. The fourth-order valence-corrected chi connectivity index (χ4v) is 2.55. The maximum atomic E-state index is 12.1. The predicted octanol–water partition coefficient (Wildman–Crippen LogP) is 2.90. The number of ether oxygens (including phenoxy) is 3. The largest absolute Gasteiger partial charge is 0.466 e. The van der Waals surface area contributed by atoms with Crippen LogP contribution >= 0.6 is 0 Å². The van der Waals surface area contributed by atoms with Crippen molar-refractivity contribution < 1.29 is 37.8 Å². The lowest BCUT2D eigenvalue weighted by atomic mass is 10.1. The second-order valence-electron chi connectivity index (χ2n) is 5.94. The molecular weight excluding hydrogens is 368 g/mol. The predicted molar refractivity (Wildman–Crippen MR) is 96.5 cm³/mol. The molecule has 0 fully saturated rings. The molecule has 0 atom stereocenters. The van der Waals surface area contributed by atoms with E-state index in [1.54, 1.807) is 13.0 Å². The van der Waals surface area contributed by atoms with Crippen molar-refractivity contribution in [1.29, 1.82) is 0 Å². The zero-order valence-electron chi connectivity index (χ0n) is 16.0. The lowest BCUT2D eigenvalue weighted by Crippen LogP contribution is -2.12. The normalized spacial score (nSPS) is 10.3. The van der Waals surface area contributed by atoms with Crippen LogP contribution < -0.4 is 4.74 Å². The highest BCUT2D eigenvalue weighted by Crippen LogP contribution is 2.21. The Balaban J connectivity index is 2.12. The van der Waals surface area contributed by atoms with E-state index < -0.39 is 17.9 Å². The smallest absolute Gasteiger partial charge is 0.338 e. The lowest BCUT2D eigenvalue weighted by Gasteiger charge is -2.08. The number of hydrogen-bond donors (Lipinski definition) is 0. The van der Waals surface area contributed by atoms with Crippen LogP contribution in [0.15, 0.2) is 28.7 Å². The SMILES string of the molecule is COC(=O)c1cc(OC(=O)CCc2cc(C(C)=O)c(C)o2)cc(C(=O)OC)c1. The second-order valence-corrected chi connectivity index (χ2v) is 5.94. The van der Waals surface area contributed by atoms with Crippen LogP contribution in [0, 0.1) is 6.92 Å². The molecule has 2 rings (SSSR count). The number of benzene rings is 1. The van der Waals surface area contributed by atoms with Gasteiger partial charge in [-0.1, -0.05) is 0 Å². The number of carbonyl (C=O) groups excluding carboxylic acids is 4. The van der Waals surface area contributed by atoms with E-state index in [0.29, 0.717) is 17.1 Å². The van der Waals surface area contributed by atoms with E-state index in [4.69, 9.17) is 9.15 Å². The first-order chi connectivity index (χ1) is 13.2. The van der Waals surface area contributed by atoms with E-state index in [9.17, 15) is 19.2 Å². The number of aryl methyl sites for hydroxylation is 2. The van der Waals surface area contributed by atoms with Gasteiger partial charge in [0.1, 0.15) is 17.3 Å². The summed E-state index contributed by atoms with van der Waals surface area (Å²) >= 11 is 0. The van der Waals surface area contributed by atoms with Gasteiger partial charge in [-0.2, -0.15) is 0 Å². The molecule has 0 N–H and O–H groups in total. The first-order valence-electron chi connectivity index (χ1n) is 8.37. The first-order valence-corrected chi connectivity index (χ1v) is 8.37. The minimum atomic E-state index is -0.689. The van der Waals surface area contributed by atoms with Gasteiger partial charge in [0.05, 0.1) is 37.3 Å². The second kappa shape index (κ2) is 8.98. The number of ketones is 1. The fourth-order valence-electron chi connectivity index (χ4n) is 2.55. The van der Waals surface area contributed by atoms with Gasteiger partial charge >= 0.3 is 17.9 Å². The molecule has 148 valence electrons. The van der Waals surface area contributed by atoms with Gasteiger partial charge in [-0.3, -0.25) is 9.59 Å². The summed E-state index contributed by atoms with van der Waals surface area (Å²) in [6.45, 7) is 3.11. The minimum Gasteiger partial charge on any atom is -0.466 e. The molecule has 0 radical (unpaired) electrons. The number of hydrogen-bond acceptors (Lipinski definition) is 8. The summed E-state index contributed by atoms with van der Waals surface area (Å²) < 4.78 is 19.9. The van der Waals surface area contributed by atoms with Gasteiger partial charge in [0.25, 0.3) is 0 Å². The highest BCUT2D eigenvalue weighted by molar-refractivity contribution is 5.96. The van der Waals surface area contributed by atoms with Crippen molar-refractivity contribution in [2.75, 3.05) is 14.2 Å². The van der Waals surface area contributed by atoms with E-state index >= 15 is 0 Å². The van der Waals surface area contributed by atoms with Crippen molar-refractivity contribution >= 4 is 23.7 Å². The molecule has 0 aliphatic heterocycles. The van der Waals surface area contributed by atoms with Crippen molar-refractivity contribution in [2.24, 2.45) is 0 Å². The monoisotopic (exact) mass is 388 g/mol. The van der Waals surface area contributed by atoms with E-state index in [0.717, 1.165) is 0 Å². The van der Waals surface area contributed by atoms with E-state index in [2.05, 4.69) is 9.47 Å². The van der Waals surface area contributed by atoms with Crippen LogP contribution in [0.25, 0.3) is 0 Å². The Bertz CT molecular complexity index is 888. The summed E-state index contributed by atoms with van der Waals surface area (Å²) in [5, 5.41) is 0. The molecule has 0 amide bonds. The minimum absolute atomic E-state index is 0.00773. The van der Waals surface area contributed by atoms with Crippen LogP contribution in [0.3, 0.4) is 0 Å². The topological polar surface area (TPSA) is 109 Å². The molecule has 2 aromatic rings. The standard InChI is InChI=1S/C20H20O8/c1-11(21)17-10-15(27-12(17)2)5-6-18(22)28-16-8-13(19(23)25-3)7-14(9-16)20(24)26-4/h7-10H,5-6H2,1-4H3. The van der Waals surface area contributed by atoms with Crippen LogP contribution in [-0.2, 0) is 20.7 Å². The summed E-state index contributed by atoms with van der Waals surface area (Å²) in [5.41, 5.74) is 0.554. The summed E-state index contributed by atoms with van der Waals surface area (Å²) in [6, 6.07) is 5.46. The van der Waals surface area contributed by atoms with Gasteiger partial charge in [0.2, 0.25) is 0 Å². The summed E-state index contributed by atoms with van der Waals surface area (Å²) in [6.07, 6.45) is 0.202. The Hall–Kier alpha value is -3.42. The number of Topliss-reactive ketones (excluding diaryl/α,β-unsaturated/α-hetero) is 1. The highest BCUT2D eigenvalue weighted by Gasteiger charge is 2.17. The Labute approximate surface area is 161 Å². The van der Waals surface area contributed by atoms with Crippen LogP contribution in [0.1, 0.15) is 55.9 Å². The average Bonchev–Trinajstić information content (AvgIpc) is 3.05. The zero-order valence-corrected chi connectivity index (χ0v) is 16.0. The number of carbonyl (C=O) groups is 4. The van der Waals surface area contributed by atoms with Gasteiger partial charge < -0.3 is 18.6 Å². The molecule has 0 spiro atoms. The molecule has 8 nitrogen and oxygen atoms in total.